The van der Waals surface area contributed by atoms with Gasteiger partial charge in [0, 0.05) is 35.3 Å². The molecule has 1 atom stereocenters. The number of anilines is 1. The summed E-state index contributed by atoms with van der Waals surface area (Å²) in [6.07, 6.45) is 5.64. The van der Waals surface area contributed by atoms with Crippen LogP contribution in [-0.4, -0.2) is 25.6 Å². The first-order valence-corrected chi connectivity index (χ1v) is 9.51. The standard InChI is InChI=1S/C23H20N6/c1-3-8-25-17-9-14(2)21-19(16-10-15-6-4-5-7-18(15)26-11-16)20-22(24)27-13-28-23(20)29(21)12-17/h4-7,9-11,13,17,25H,12H2,1-2H3,(H2,24,27,28)/t17-/m0/s1. The van der Waals surface area contributed by atoms with E-state index in [0.29, 0.717) is 5.82 Å². The van der Waals surface area contributed by atoms with Crippen molar-refractivity contribution in [3.63, 3.8) is 0 Å². The molecule has 0 spiro atoms. The van der Waals surface area contributed by atoms with Gasteiger partial charge in [0.1, 0.15) is 17.8 Å². The molecule has 0 radical (unpaired) electrons. The molecule has 5 rings (SSSR count). The second-order valence-electron chi connectivity index (χ2n) is 7.18. The zero-order chi connectivity index (χ0) is 20.0. The first-order chi connectivity index (χ1) is 14.2. The molecule has 0 unspecified atom stereocenters. The summed E-state index contributed by atoms with van der Waals surface area (Å²) in [5, 5.41) is 5.21. The molecule has 142 valence electrons. The lowest BCUT2D eigenvalue weighted by Crippen LogP contribution is -2.31. The van der Waals surface area contributed by atoms with Crippen LogP contribution in [0, 0.1) is 12.0 Å². The maximum atomic E-state index is 6.34. The molecule has 4 aromatic rings. The summed E-state index contributed by atoms with van der Waals surface area (Å²) >= 11 is 0. The maximum Gasteiger partial charge on any atom is 0.146 e. The number of nitrogens with two attached hydrogens (primary N) is 1. The Morgan fingerprint density at radius 1 is 1.21 bits per heavy atom. The highest BCUT2D eigenvalue weighted by molar-refractivity contribution is 6.06. The molecular formula is C23H20N6. The first-order valence-electron chi connectivity index (χ1n) is 9.51. The molecule has 1 aromatic carbocycles. The van der Waals surface area contributed by atoms with Gasteiger partial charge in [0.25, 0.3) is 0 Å². The van der Waals surface area contributed by atoms with Crippen molar-refractivity contribution >= 4 is 33.3 Å². The van der Waals surface area contributed by atoms with Crippen LogP contribution >= 0.6 is 0 Å². The van der Waals surface area contributed by atoms with Crippen LogP contribution in [0.25, 0.3) is 38.6 Å². The molecule has 0 fully saturated rings. The smallest absolute Gasteiger partial charge is 0.146 e. The molecule has 29 heavy (non-hydrogen) atoms. The summed E-state index contributed by atoms with van der Waals surface area (Å²) in [7, 11) is 0. The predicted octanol–water partition coefficient (Wildman–Crippen LogP) is 3.58. The van der Waals surface area contributed by atoms with E-state index in [0.717, 1.165) is 50.9 Å². The fourth-order valence-corrected chi connectivity index (χ4v) is 4.15. The summed E-state index contributed by atoms with van der Waals surface area (Å²) in [5.41, 5.74) is 12.4. The summed E-state index contributed by atoms with van der Waals surface area (Å²) in [6, 6.07) is 13.3. The second-order valence-corrected chi connectivity index (χ2v) is 7.18. The van der Waals surface area contributed by atoms with Crippen LogP contribution in [0.15, 0.2) is 48.9 Å². The van der Waals surface area contributed by atoms with Gasteiger partial charge < -0.3 is 15.6 Å². The van der Waals surface area contributed by atoms with E-state index in [9.17, 15) is 0 Å². The van der Waals surface area contributed by atoms with Crippen molar-refractivity contribution in [2.75, 3.05) is 5.73 Å². The van der Waals surface area contributed by atoms with Crippen LogP contribution < -0.4 is 11.1 Å². The van der Waals surface area contributed by atoms with E-state index in [1.807, 2.05) is 31.3 Å². The molecule has 4 heterocycles. The molecule has 1 aliphatic heterocycles. The Balaban J connectivity index is 1.80. The molecule has 1 aliphatic rings. The Kier molecular flexibility index (Phi) is 3.95. The van der Waals surface area contributed by atoms with E-state index < -0.39 is 0 Å². The quantitative estimate of drug-likeness (QED) is 0.410. The normalized spacial score (nSPS) is 15.5. The minimum atomic E-state index is 0.101. The Morgan fingerprint density at radius 3 is 2.93 bits per heavy atom. The highest BCUT2D eigenvalue weighted by Gasteiger charge is 2.27. The summed E-state index contributed by atoms with van der Waals surface area (Å²) in [5.74, 6) is 3.37. The third-order valence-corrected chi connectivity index (χ3v) is 5.33. The lowest BCUT2D eigenvalue weighted by Gasteiger charge is -2.23. The average Bonchev–Trinajstić information content (AvgIpc) is 3.08. The third-order valence-electron chi connectivity index (χ3n) is 5.33. The average molecular weight is 380 g/mol. The van der Waals surface area contributed by atoms with E-state index in [-0.39, 0.29) is 6.04 Å². The van der Waals surface area contributed by atoms with Crippen LogP contribution in [0.5, 0.6) is 0 Å². The Morgan fingerprint density at radius 2 is 2.07 bits per heavy atom. The SMILES string of the molecule is CC#CN[C@H]1C=C(C)c2c(-c3cnc4ccccc4c3)c3c(N)ncnc3n2C1. The molecular weight excluding hydrogens is 360 g/mol. The number of para-hydroxylation sites is 1. The van der Waals surface area contributed by atoms with Gasteiger partial charge in [-0.3, -0.25) is 4.98 Å². The Bertz CT molecular complexity index is 1350. The zero-order valence-electron chi connectivity index (χ0n) is 16.3. The number of aromatic nitrogens is 4. The molecule has 6 heteroatoms. The van der Waals surface area contributed by atoms with Gasteiger partial charge in [-0.15, -0.1) is 0 Å². The largest absolute Gasteiger partial charge is 0.383 e. The van der Waals surface area contributed by atoms with Gasteiger partial charge in [-0.2, -0.15) is 0 Å². The van der Waals surface area contributed by atoms with Crippen molar-refractivity contribution in [1.29, 1.82) is 0 Å². The highest BCUT2D eigenvalue weighted by atomic mass is 15.1. The molecule has 0 amide bonds. The molecule has 3 N–H and O–H groups in total. The van der Waals surface area contributed by atoms with Gasteiger partial charge >= 0.3 is 0 Å². The van der Waals surface area contributed by atoms with Gasteiger partial charge in [-0.25, -0.2) is 9.97 Å². The maximum absolute atomic E-state index is 6.34. The lowest BCUT2D eigenvalue weighted by molar-refractivity contribution is 0.577. The summed E-state index contributed by atoms with van der Waals surface area (Å²) < 4.78 is 2.21. The number of nitrogen functional groups attached to an aromatic ring is 1. The van der Waals surface area contributed by atoms with E-state index in [1.165, 1.54) is 6.33 Å². The van der Waals surface area contributed by atoms with E-state index in [4.69, 9.17) is 5.73 Å². The molecule has 0 aliphatic carbocycles. The van der Waals surface area contributed by atoms with Crippen molar-refractivity contribution < 1.29 is 0 Å². The second kappa shape index (κ2) is 6.64. The number of rotatable bonds is 2. The van der Waals surface area contributed by atoms with Crippen molar-refractivity contribution in [3.8, 4) is 23.1 Å². The van der Waals surface area contributed by atoms with Gasteiger partial charge in [-0.05, 0) is 31.6 Å². The van der Waals surface area contributed by atoms with E-state index >= 15 is 0 Å². The van der Waals surface area contributed by atoms with Gasteiger partial charge in [0.15, 0.2) is 0 Å². The molecule has 0 saturated heterocycles. The first kappa shape index (κ1) is 17.3. The number of allylic oxidation sites excluding steroid dienone is 1. The van der Waals surface area contributed by atoms with Crippen LogP contribution in [-0.2, 0) is 6.54 Å². The molecule has 3 aromatic heterocycles. The highest BCUT2D eigenvalue weighted by Crippen LogP contribution is 2.41. The van der Waals surface area contributed by atoms with Crippen LogP contribution in [0.1, 0.15) is 19.5 Å². The number of hydrogen-bond acceptors (Lipinski definition) is 5. The topological polar surface area (TPSA) is 81.7 Å². The number of hydrogen-bond donors (Lipinski definition) is 2. The molecule has 0 bridgehead atoms. The Hall–Kier alpha value is -3.85. The molecule has 0 saturated carbocycles. The summed E-state index contributed by atoms with van der Waals surface area (Å²) in [4.78, 5) is 13.5. The summed E-state index contributed by atoms with van der Waals surface area (Å²) in [6.45, 7) is 4.65. The van der Waals surface area contributed by atoms with Gasteiger partial charge in [0.2, 0.25) is 0 Å². The van der Waals surface area contributed by atoms with E-state index in [1.54, 1.807) is 0 Å². The van der Waals surface area contributed by atoms with Crippen LogP contribution in [0.4, 0.5) is 5.82 Å². The van der Waals surface area contributed by atoms with Crippen LogP contribution in [0.3, 0.4) is 0 Å². The zero-order valence-corrected chi connectivity index (χ0v) is 16.3. The van der Waals surface area contributed by atoms with Crippen LogP contribution in [0.2, 0.25) is 0 Å². The molecule has 6 nitrogen and oxygen atoms in total. The van der Waals surface area contributed by atoms with Gasteiger partial charge in [0.05, 0.1) is 22.6 Å². The Labute approximate surface area is 168 Å². The van der Waals surface area contributed by atoms with Crippen molar-refractivity contribution in [2.24, 2.45) is 0 Å². The number of fused-ring (bicyclic) bond motifs is 4. The number of nitrogens with zero attached hydrogens (tertiary/aromatic N) is 4. The lowest BCUT2D eigenvalue weighted by atomic mass is 9.97. The minimum absolute atomic E-state index is 0.101. The minimum Gasteiger partial charge on any atom is -0.383 e. The fourth-order valence-electron chi connectivity index (χ4n) is 4.15. The third kappa shape index (κ3) is 2.71. The van der Waals surface area contributed by atoms with Crippen molar-refractivity contribution in [2.45, 2.75) is 26.4 Å². The number of nitrogens with one attached hydrogen (secondary N) is 1. The number of benzene rings is 1. The van der Waals surface area contributed by atoms with Gasteiger partial charge in [-0.1, -0.05) is 30.2 Å². The fraction of sp³-hybridized carbons (Fsp3) is 0.174. The van der Waals surface area contributed by atoms with Crippen molar-refractivity contribution in [1.82, 2.24) is 24.8 Å². The number of pyridine rings is 1. The predicted molar refractivity (Wildman–Crippen MR) is 117 cm³/mol. The monoisotopic (exact) mass is 380 g/mol. The van der Waals surface area contributed by atoms with E-state index in [2.05, 4.69) is 61.9 Å². The van der Waals surface area contributed by atoms with Crippen molar-refractivity contribution in [3.05, 3.63) is 54.6 Å².